The number of hydrogen-bond acceptors (Lipinski definition) is 3. The zero-order valence-corrected chi connectivity index (χ0v) is 13.0. The fourth-order valence-corrected chi connectivity index (χ4v) is 3.95. The van der Waals surface area contributed by atoms with E-state index in [4.69, 9.17) is 0 Å². The molecule has 1 aromatic heterocycles. The van der Waals surface area contributed by atoms with E-state index >= 15 is 0 Å². The summed E-state index contributed by atoms with van der Waals surface area (Å²) >= 11 is 0. The van der Waals surface area contributed by atoms with Gasteiger partial charge in [0.1, 0.15) is 0 Å². The van der Waals surface area contributed by atoms with Gasteiger partial charge in [0.15, 0.2) is 0 Å². The number of rotatable bonds is 2. The number of carbonyl (C=O) groups is 2. The number of hydrogen-bond donors (Lipinski definition) is 2. The summed E-state index contributed by atoms with van der Waals surface area (Å²) in [6.07, 6.45) is 5.76. The molecule has 0 aromatic carbocycles. The molecule has 2 bridgehead atoms. The summed E-state index contributed by atoms with van der Waals surface area (Å²) in [6.45, 7) is 8.50. The zero-order chi connectivity index (χ0) is 16.0. The van der Waals surface area contributed by atoms with Gasteiger partial charge in [0.2, 0.25) is 5.91 Å². The zero-order valence-electron chi connectivity index (χ0n) is 13.0. The van der Waals surface area contributed by atoms with Gasteiger partial charge in [-0.2, -0.15) is 0 Å². The van der Waals surface area contributed by atoms with Gasteiger partial charge < -0.3 is 0 Å². The van der Waals surface area contributed by atoms with Crippen molar-refractivity contribution in [1.29, 1.82) is 0 Å². The first kappa shape index (κ1) is 14.8. The number of pyridine rings is 1. The van der Waals surface area contributed by atoms with E-state index in [-0.39, 0.29) is 17.2 Å². The SMILES string of the molecule is C=C1C2(C(=O)NNC(=O)c3ccncc3)CCC(C2)C1(C)C. The molecule has 2 unspecified atom stereocenters. The summed E-state index contributed by atoms with van der Waals surface area (Å²) in [5.74, 6) is 0.0131. The van der Waals surface area contributed by atoms with Gasteiger partial charge in [-0.25, -0.2) is 0 Å². The number of aromatic nitrogens is 1. The van der Waals surface area contributed by atoms with Crippen molar-refractivity contribution in [3.63, 3.8) is 0 Å². The van der Waals surface area contributed by atoms with Crippen LogP contribution in [0.1, 0.15) is 43.5 Å². The first-order chi connectivity index (χ1) is 10.4. The highest BCUT2D eigenvalue weighted by Crippen LogP contribution is 2.65. The summed E-state index contributed by atoms with van der Waals surface area (Å²) in [5.41, 5.74) is 6.00. The third-order valence-electron chi connectivity index (χ3n) is 5.56. The van der Waals surface area contributed by atoms with Crippen molar-refractivity contribution in [2.24, 2.45) is 16.7 Å². The van der Waals surface area contributed by atoms with Crippen molar-refractivity contribution < 1.29 is 9.59 Å². The van der Waals surface area contributed by atoms with Gasteiger partial charge >= 0.3 is 0 Å². The molecule has 2 aliphatic carbocycles. The van der Waals surface area contributed by atoms with Crippen molar-refractivity contribution >= 4 is 11.8 Å². The lowest BCUT2D eigenvalue weighted by molar-refractivity contribution is -0.129. The molecular formula is C17H21N3O2. The first-order valence-electron chi connectivity index (χ1n) is 7.58. The number of fused-ring (bicyclic) bond motifs is 2. The Kier molecular flexibility index (Phi) is 3.31. The second-order valence-corrected chi connectivity index (χ2v) is 6.87. The Hall–Kier alpha value is -2.17. The molecule has 2 saturated carbocycles. The minimum Gasteiger partial charge on any atom is -0.272 e. The maximum absolute atomic E-state index is 12.7. The van der Waals surface area contributed by atoms with Crippen molar-refractivity contribution in [1.82, 2.24) is 15.8 Å². The predicted octanol–water partition coefficient (Wildman–Crippen LogP) is 2.23. The van der Waals surface area contributed by atoms with Crippen LogP contribution in [0, 0.1) is 16.7 Å². The molecular weight excluding hydrogens is 278 g/mol. The third-order valence-corrected chi connectivity index (χ3v) is 5.56. The number of nitrogens with zero attached hydrogens (tertiary/aromatic N) is 1. The molecule has 0 spiro atoms. The molecule has 2 N–H and O–H groups in total. The highest BCUT2D eigenvalue weighted by Gasteiger charge is 2.60. The molecule has 0 radical (unpaired) electrons. The molecule has 2 atom stereocenters. The van der Waals surface area contributed by atoms with E-state index in [9.17, 15) is 9.59 Å². The fraction of sp³-hybridized carbons (Fsp3) is 0.471. The third kappa shape index (κ3) is 2.03. The van der Waals surface area contributed by atoms with E-state index in [1.165, 1.54) is 0 Å². The van der Waals surface area contributed by atoms with Crippen molar-refractivity contribution in [2.45, 2.75) is 33.1 Å². The molecule has 3 rings (SSSR count). The van der Waals surface area contributed by atoms with Gasteiger partial charge in [0.05, 0.1) is 5.41 Å². The lowest BCUT2D eigenvalue weighted by atomic mass is 9.68. The van der Waals surface area contributed by atoms with Crippen LogP contribution in [0.25, 0.3) is 0 Å². The Bertz CT molecular complexity index is 639. The molecule has 2 aliphatic rings. The van der Waals surface area contributed by atoms with Crippen LogP contribution in [-0.2, 0) is 4.79 Å². The van der Waals surface area contributed by atoms with Crippen LogP contribution in [0.2, 0.25) is 0 Å². The van der Waals surface area contributed by atoms with Crippen LogP contribution in [0.3, 0.4) is 0 Å². The van der Waals surface area contributed by atoms with Gasteiger partial charge in [-0.05, 0) is 42.7 Å². The van der Waals surface area contributed by atoms with Gasteiger partial charge in [0.25, 0.3) is 5.91 Å². The number of hydrazine groups is 1. The average Bonchev–Trinajstić information content (AvgIpc) is 3.05. The Labute approximate surface area is 130 Å². The molecule has 1 heterocycles. The van der Waals surface area contributed by atoms with Crippen molar-refractivity contribution in [3.05, 3.63) is 42.2 Å². The molecule has 5 nitrogen and oxygen atoms in total. The van der Waals surface area contributed by atoms with Crippen LogP contribution in [-0.4, -0.2) is 16.8 Å². The second-order valence-electron chi connectivity index (χ2n) is 6.87. The highest BCUT2D eigenvalue weighted by atomic mass is 16.2. The van der Waals surface area contributed by atoms with Crippen molar-refractivity contribution in [3.8, 4) is 0 Å². The van der Waals surface area contributed by atoms with Crippen LogP contribution < -0.4 is 10.9 Å². The minimum atomic E-state index is -0.528. The standard InChI is InChI=1S/C17H21N3O2/c1-11-16(2,3)13-4-7-17(11,10-13)15(22)20-19-14(21)12-5-8-18-9-6-12/h5-6,8-9,13H,1,4,7,10H2,2-3H3,(H,19,21)(H,20,22). The molecule has 2 amide bonds. The van der Waals surface area contributed by atoms with Crippen LogP contribution in [0.5, 0.6) is 0 Å². The second kappa shape index (κ2) is 4.93. The lowest BCUT2D eigenvalue weighted by Gasteiger charge is -2.37. The number of nitrogens with one attached hydrogen (secondary N) is 2. The van der Waals surface area contributed by atoms with Crippen LogP contribution in [0.4, 0.5) is 0 Å². The van der Waals surface area contributed by atoms with E-state index in [0.29, 0.717) is 11.5 Å². The maximum Gasteiger partial charge on any atom is 0.269 e. The van der Waals surface area contributed by atoms with Crippen LogP contribution in [0.15, 0.2) is 36.7 Å². The summed E-state index contributed by atoms with van der Waals surface area (Å²) < 4.78 is 0. The predicted molar refractivity (Wildman–Crippen MR) is 82.5 cm³/mol. The summed E-state index contributed by atoms with van der Waals surface area (Å²) in [6, 6.07) is 3.20. The highest BCUT2D eigenvalue weighted by molar-refractivity contribution is 5.96. The smallest absolute Gasteiger partial charge is 0.269 e. The molecule has 2 fully saturated rings. The quantitative estimate of drug-likeness (QED) is 0.650. The number of amides is 2. The summed E-state index contributed by atoms with van der Waals surface area (Å²) in [5, 5.41) is 0. The number of carbonyl (C=O) groups excluding carboxylic acids is 2. The van der Waals surface area contributed by atoms with Gasteiger partial charge in [0, 0.05) is 18.0 Å². The van der Waals surface area contributed by atoms with Crippen LogP contribution >= 0.6 is 0 Å². The molecule has 1 aromatic rings. The van der Waals surface area contributed by atoms with E-state index in [2.05, 4.69) is 36.3 Å². The summed E-state index contributed by atoms with van der Waals surface area (Å²) in [7, 11) is 0. The normalized spacial score (nSPS) is 28.5. The van der Waals surface area contributed by atoms with Gasteiger partial charge in [-0.3, -0.25) is 25.4 Å². The lowest BCUT2D eigenvalue weighted by Crippen LogP contribution is -2.49. The first-order valence-corrected chi connectivity index (χ1v) is 7.58. The largest absolute Gasteiger partial charge is 0.272 e. The fourth-order valence-electron chi connectivity index (χ4n) is 3.95. The van der Waals surface area contributed by atoms with E-state index in [0.717, 1.165) is 24.8 Å². The minimum absolute atomic E-state index is 0.00923. The Balaban J connectivity index is 1.68. The van der Waals surface area contributed by atoms with E-state index in [1.807, 2.05) is 0 Å². The Morgan fingerprint density at radius 1 is 1.27 bits per heavy atom. The maximum atomic E-state index is 12.7. The van der Waals surface area contributed by atoms with Gasteiger partial charge in [-0.1, -0.05) is 26.0 Å². The van der Waals surface area contributed by atoms with E-state index < -0.39 is 5.41 Å². The Morgan fingerprint density at radius 3 is 2.55 bits per heavy atom. The average molecular weight is 299 g/mol. The monoisotopic (exact) mass is 299 g/mol. The van der Waals surface area contributed by atoms with Crippen molar-refractivity contribution in [2.75, 3.05) is 0 Å². The molecule has 0 saturated heterocycles. The molecule has 0 aliphatic heterocycles. The van der Waals surface area contributed by atoms with Gasteiger partial charge in [-0.15, -0.1) is 0 Å². The summed E-state index contributed by atoms with van der Waals surface area (Å²) in [4.78, 5) is 28.5. The molecule has 5 heteroatoms. The van der Waals surface area contributed by atoms with E-state index in [1.54, 1.807) is 24.5 Å². The Morgan fingerprint density at radius 2 is 1.95 bits per heavy atom. The molecule has 116 valence electrons. The molecule has 22 heavy (non-hydrogen) atoms. The topological polar surface area (TPSA) is 71.1 Å².